The number of halogens is 1. The van der Waals surface area contributed by atoms with E-state index in [4.69, 9.17) is 16.7 Å². The lowest BCUT2D eigenvalue weighted by atomic mass is 10.3. The molecule has 0 bridgehead atoms. The maximum atomic E-state index is 10.4. The number of pyridine rings is 1. The summed E-state index contributed by atoms with van der Waals surface area (Å²) in [5.41, 5.74) is 0.601. The quantitative estimate of drug-likeness (QED) is 0.822. The first-order valence-corrected chi connectivity index (χ1v) is 5.90. The number of hydrogen-bond donors (Lipinski definition) is 2. The number of carboxylic acid groups (broad SMARTS) is 1. The van der Waals surface area contributed by atoms with E-state index in [-0.39, 0.29) is 5.75 Å². The molecule has 0 aliphatic rings. The first kappa shape index (κ1) is 11.9. The minimum absolute atomic E-state index is 0.0780. The number of hydrogen-bond acceptors (Lipinski definition) is 5. The smallest absolute Gasteiger partial charge is 0.313 e. The van der Waals surface area contributed by atoms with E-state index in [1.54, 1.807) is 12.1 Å². The van der Waals surface area contributed by atoms with Crippen LogP contribution in [0.1, 0.15) is 0 Å². The SMILES string of the molecule is O=C(O)CSc1n[nH]c(-c2ccc(Cl)cn2)n1. The predicted octanol–water partition coefficient (Wildman–Crippen LogP) is 1.70. The first-order valence-electron chi connectivity index (χ1n) is 4.54. The number of aliphatic carboxylic acids is 1. The lowest BCUT2D eigenvalue weighted by Gasteiger charge is -1.93. The van der Waals surface area contributed by atoms with E-state index in [0.717, 1.165) is 11.8 Å². The van der Waals surface area contributed by atoms with Crippen LogP contribution in [0.15, 0.2) is 23.5 Å². The number of aromatic amines is 1. The number of carbonyl (C=O) groups is 1. The largest absolute Gasteiger partial charge is 0.481 e. The van der Waals surface area contributed by atoms with Crippen LogP contribution in [-0.2, 0) is 4.79 Å². The molecule has 2 rings (SSSR count). The summed E-state index contributed by atoms with van der Waals surface area (Å²) < 4.78 is 0. The average molecular weight is 271 g/mol. The standard InChI is InChI=1S/C9H7ClN4O2S/c10-5-1-2-6(11-3-5)8-12-9(14-13-8)17-4-7(15)16/h1-3H,4H2,(H,15,16)(H,12,13,14). The van der Waals surface area contributed by atoms with Crippen LogP contribution in [0.4, 0.5) is 0 Å². The van der Waals surface area contributed by atoms with Crippen molar-refractivity contribution in [2.75, 3.05) is 5.75 Å². The Morgan fingerprint density at radius 2 is 2.35 bits per heavy atom. The van der Waals surface area contributed by atoms with Gasteiger partial charge in [-0.2, -0.15) is 4.98 Å². The van der Waals surface area contributed by atoms with E-state index in [2.05, 4.69) is 20.2 Å². The highest BCUT2D eigenvalue weighted by Gasteiger charge is 2.08. The van der Waals surface area contributed by atoms with Crippen molar-refractivity contribution in [2.24, 2.45) is 0 Å². The zero-order valence-electron chi connectivity index (χ0n) is 8.42. The van der Waals surface area contributed by atoms with Crippen molar-refractivity contribution in [3.8, 4) is 11.5 Å². The van der Waals surface area contributed by atoms with Gasteiger partial charge in [-0.3, -0.25) is 14.9 Å². The fourth-order valence-electron chi connectivity index (χ4n) is 1.07. The van der Waals surface area contributed by atoms with Gasteiger partial charge in [0, 0.05) is 6.20 Å². The van der Waals surface area contributed by atoms with Gasteiger partial charge in [-0.1, -0.05) is 23.4 Å². The molecular weight excluding hydrogens is 264 g/mol. The highest BCUT2D eigenvalue weighted by atomic mass is 35.5. The molecule has 0 spiro atoms. The summed E-state index contributed by atoms with van der Waals surface area (Å²) in [4.78, 5) is 18.5. The van der Waals surface area contributed by atoms with Crippen LogP contribution in [0.3, 0.4) is 0 Å². The first-order chi connectivity index (χ1) is 8.15. The molecule has 88 valence electrons. The van der Waals surface area contributed by atoms with Gasteiger partial charge in [0.1, 0.15) is 5.69 Å². The molecule has 8 heteroatoms. The van der Waals surface area contributed by atoms with Gasteiger partial charge in [0.05, 0.1) is 10.8 Å². The minimum Gasteiger partial charge on any atom is -0.481 e. The normalized spacial score (nSPS) is 10.4. The number of carboxylic acids is 1. The minimum atomic E-state index is -0.911. The Balaban J connectivity index is 2.12. The Morgan fingerprint density at radius 1 is 1.53 bits per heavy atom. The van der Waals surface area contributed by atoms with Crippen molar-refractivity contribution in [1.82, 2.24) is 20.2 Å². The lowest BCUT2D eigenvalue weighted by molar-refractivity contribution is -0.133. The van der Waals surface area contributed by atoms with Crippen LogP contribution in [0.25, 0.3) is 11.5 Å². The molecule has 0 unspecified atom stereocenters. The van der Waals surface area contributed by atoms with Crippen molar-refractivity contribution in [2.45, 2.75) is 5.16 Å². The molecular formula is C9H7ClN4O2S. The van der Waals surface area contributed by atoms with Gasteiger partial charge in [0.15, 0.2) is 5.82 Å². The van der Waals surface area contributed by atoms with Gasteiger partial charge in [-0.25, -0.2) is 0 Å². The second-order valence-electron chi connectivity index (χ2n) is 3.01. The zero-order chi connectivity index (χ0) is 12.3. The van der Waals surface area contributed by atoms with Crippen molar-refractivity contribution in [1.29, 1.82) is 0 Å². The fraction of sp³-hybridized carbons (Fsp3) is 0.111. The van der Waals surface area contributed by atoms with Gasteiger partial charge >= 0.3 is 5.97 Å². The summed E-state index contributed by atoms with van der Waals surface area (Å²) in [5, 5.41) is 16.0. The molecule has 2 heterocycles. The Kier molecular flexibility index (Phi) is 3.60. The van der Waals surface area contributed by atoms with Crippen LogP contribution < -0.4 is 0 Å². The van der Waals surface area contributed by atoms with Crippen molar-refractivity contribution in [3.05, 3.63) is 23.4 Å². The van der Waals surface area contributed by atoms with Crippen molar-refractivity contribution < 1.29 is 9.90 Å². The molecule has 0 atom stereocenters. The monoisotopic (exact) mass is 270 g/mol. The van der Waals surface area contributed by atoms with Crippen LogP contribution in [0, 0.1) is 0 Å². The van der Waals surface area contributed by atoms with Crippen LogP contribution in [-0.4, -0.2) is 37.0 Å². The molecule has 0 saturated heterocycles. The molecule has 2 aromatic rings. The molecule has 2 aromatic heterocycles. The van der Waals surface area contributed by atoms with Crippen LogP contribution >= 0.6 is 23.4 Å². The van der Waals surface area contributed by atoms with E-state index in [1.807, 2.05) is 0 Å². The zero-order valence-corrected chi connectivity index (χ0v) is 9.99. The second-order valence-corrected chi connectivity index (χ2v) is 4.39. The summed E-state index contributed by atoms with van der Waals surface area (Å²) in [6.45, 7) is 0. The van der Waals surface area contributed by atoms with Crippen LogP contribution in [0.5, 0.6) is 0 Å². The highest BCUT2D eigenvalue weighted by molar-refractivity contribution is 7.99. The van der Waals surface area contributed by atoms with Crippen molar-refractivity contribution >= 4 is 29.3 Å². The highest BCUT2D eigenvalue weighted by Crippen LogP contribution is 2.18. The Bertz CT molecular complexity index is 528. The van der Waals surface area contributed by atoms with Gasteiger partial charge in [0.2, 0.25) is 5.16 Å². The molecule has 0 radical (unpaired) electrons. The van der Waals surface area contributed by atoms with Crippen LogP contribution in [0.2, 0.25) is 5.02 Å². The molecule has 0 aliphatic heterocycles. The van der Waals surface area contributed by atoms with E-state index in [9.17, 15) is 4.79 Å². The van der Waals surface area contributed by atoms with Gasteiger partial charge in [0.25, 0.3) is 0 Å². The molecule has 0 saturated carbocycles. The fourth-order valence-corrected chi connectivity index (χ4v) is 1.70. The van der Waals surface area contributed by atoms with E-state index >= 15 is 0 Å². The number of rotatable bonds is 4. The number of thioether (sulfide) groups is 1. The predicted molar refractivity (Wildman–Crippen MR) is 63.0 cm³/mol. The third kappa shape index (κ3) is 3.18. The third-order valence-corrected chi connectivity index (χ3v) is 2.82. The van der Waals surface area contributed by atoms with E-state index < -0.39 is 5.97 Å². The summed E-state index contributed by atoms with van der Waals surface area (Å²) in [5.74, 6) is -0.508. The average Bonchev–Trinajstić information content (AvgIpc) is 2.76. The lowest BCUT2D eigenvalue weighted by Crippen LogP contribution is -1.97. The third-order valence-electron chi connectivity index (χ3n) is 1.76. The van der Waals surface area contributed by atoms with Gasteiger partial charge in [-0.05, 0) is 12.1 Å². The number of aromatic nitrogens is 4. The molecule has 0 aliphatic carbocycles. The molecule has 6 nitrogen and oxygen atoms in total. The maximum Gasteiger partial charge on any atom is 0.313 e. The molecule has 0 aromatic carbocycles. The van der Waals surface area contributed by atoms with Crippen molar-refractivity contribution in [3.63, 3.8) is 0 Å². The molecule has 0 amide bonds. The Hall–Kier alpha value is -1.60. The number of nitrogens with one attached hydrogen (secondary N) is 1. The molecule has 17 heavy (non-hydrogen) atoms. The Labute approximate surface area is 105 Å². The Morgan fingerprint density at radius 3 is 3.00 bits per heavy atom. The summed E-state index contributed by atoms with van der Waals surface area (Å²) >= 11 is 6.75. The molecule has 0 fully saturated rings. The van der Waals surface area contributed by atoms with Gasteiger partial charge in [-0.15, -0.1) is 5.10 Å². The van der Waals surface area contributed by atoms with Gasteiger partial charge < -0.3 is 5.11 Å². The number of nitrogens with zero attached hydrogens (tertiary/aromatic N) is 3. The maximum absolute atomic E-state index is 10.4. The summed E-state index contributed by atoms with van der Waals surface area (Å²) in [6, 6.07) is 3.39. The summed E-state index contributed by atoms with van der Waals surface area (Å²) in [7, 11) is 0. The molecule has 2 N–H and O–H groups in total. The topological polar surface area (TPSA) is 91.8 Å². The summed E-state index contributed by atoms with van der Waals surface area (Å²) in [6.07, 6.45) is 1.50. The number of H-pyrrole nitrogens is 1. The van der Waals surface area contributed by atoms with E-state index in [0.29, 0.717) is 21.7 Å². The second kappa shape index (κ2) is 5.15. The van der Waals surface area contributed by atoms with E-state index in [1.165, 1.54) is 6.20 Å².